The van der Waals surface area contributed by atoms with E-state index in [4.69, 9.17) is 0 Å². The molecule has 178 valence electrons. The molecule has 1 heterocycles. The maximum atomic E-state index is 2.63. The minimum absolute atomic E-state index is 0.643. The lowest BCUT2D eigenvalue weighted by molar-refractivity contribution is 0.137. The zero-order valence-electron chi connectivity index (χ0n) is 21.2. The van der Waals surface area contributed by atoms with Crippen molar-refractivity contribution in [3.8, 4) is 0 Å². The van der Waals surface area contributed by atoms with Gasteiger partial charge in [0, 0.05) is 25.5 Å². The standard InChI is InChI=1S/C28H56N2/c1-4-7-9-11-12-13-14-15-16-17-18-19-20-21-23-28-29(24-6-3)26-27-30(28)25-22-10-8-5-2/h26-28H,4-25H2,1-3H3. The van der Waals surface area contributed by atoms with Crippen molar-refractivity contribution in [2.75, 3.05) is 13.1 Å². The van der Waals surface area contributed by atoms with Crippen LogP contribution in [0, 0.1) is 0 Å². The molecule has 0 fully saturated rings. The topological polar surface area (TPSA) is 6.48 Å². The van der Waals surface area contributed by atoms with Gasteiger partial charge in [-0.25, -0.2) is 0 Å². The third kappa shape index (κ3) is 13.6. The molecular formula is C28H56N2. The Bertz CT molecular complexity index is 379. The molecule has 0 N–H and O–H groups in total. The highest BCUT2D eigenvalue weighted by Crippen LogP contribution is 2.23. The van der Waals surface area contributed by atoms with E-state index in [1.165, 1.54) is 142 Å². The van der Waals surface area contributed by atoms with Crippen LogP contribution in [-0.2, 0) is 0 Å². The average molecular weight is 421 g/mol. The third-order valence-electron chi connectivity index (χ3n) is 6.78. The summed E-state index contributed by atoms with van der Waals surface area (Å²) in [5, 5.41) is 0. The van der Waals surface area contributed by atoms with E-state index < -0.39 is 0 Å². The maximum absolute atomic E-state index is 2.63. The number of hydrogen-bond acceptors (Lipinski definition) is 2. The van der Waals surface area contributed by atoms with Crippen molar-refractivity contribution in [1.82, 2.24) is 9.80 Å². The molecule has 0 amide bonds. The van der Waals surface area contributed by atoms with Gasteiger partial charge in [0.1, 0.15) is 6.17 Å². The monoisotopic (exact) mass is 420 g/mol. The molecule has 0 bridgehead atoms. The normalized spacial score (nSPS) is 16.2. The first-order valence-corrected chi connectivity index (χ1v) is 14.0. The first-order chi connectivity index (χ1) is 14.8. The molecule has 2 nitrogen and oxygen atoms in total. The van der Waals surface area contributed by atoms with Crippen molar-refractivity contribution < 1.29 is 0 Å². The van der Waals surface area contributed by atoms with Gasteiger partial charge in [-0.2, -0.15) is 0 Å². The largest absolute Gasteiger partial charge is 0.356 e. The van der Waals surface area contributed by atoms with Crippen LogP contribution in [0.1, 0.15) is 149 Å². The van der Waals surface area contributed by atoms with Gasteiger partial charge in [0.05, 0.1) is 0 Å². The maximum Gasteiger partial charge on any atom is 0.101 e. The van der Waals surface area contributed by atoms with Gasteiger partial charge in [0.2, 0.25) is 0 Å². The summed E-state index contributed by atoms with van der Waals surface area (Å²) in [5.41, 5.74) is 0. The molecule has 0 aromatic heterocycles. The lowest BCUT2D eigenvalue weighted by Crippen LogP contribution is -2.39. The van der Waals surface area contributed by atoms with Crippen LogP contribution in [0.25, 0.3) is 0 Å². The van der Waals surface area contributed by atoms with Crippen molar-refractivity contribution in [3.05, 3.63) is 12.4 Å². The predicted molar refractivity (Wildman–Crippen MR) is 136 cm³/mol. The zero-order chi connectivity index (χ0) is 21.7. The first-order valence-electron chi connectivity index (χ1n) is 14.0. The Hall–Kier alpha value is -0.660. The summed E-state index contributed by atoms with van der Waals surface area (Å²) < 4.78 is 0. The molecule has 0 aliphatic carbocycles. The molecule has 30 heavy (non-hydrogen) atoms. The fourth-order valence-electron chi connectivity index (χ4n) is 4.84. The van der Waals surface area contributed by atoms with Crippen LogP contribution in [0.15, 0.2) is 12.4 Å². The highest BCUT2D eigenvalue weighted by molar-refractivity contribution is 4.96. The number of rotatable bonds is 22. The van der Waals surface area contributed by atoms with Gasteiger partial charge in [-0.1, -0.05) is 124 Å². The highest BCUT2D eigenvalue weighted by atomic mass is 15.4. The van der Waals surface area contributed by atoms with Gasteiger partial charge >= 0.3 is 0 Å². The van der Waals surface area contributed by atoms with Gasteiger partial charge < -0.3 is 9.80 Å². The van der Waals surface area contributed by atoms with Crippen molar-refractivity contribution in [3.63, 3.8) is 0 Å². The fourth-order valence-corrected chi connectivity index (χ4v) is 4.84. The lowest BCUT2D eigenvalue weighted by Gasteiger charge is -2.33. The van der Waals surface area contributed by atoms with Crippen LogP contribution in [-0.4, -0.2) is 29.1 Å². The van der Waals surface area contributed by atoms with Crippen molar-refractivity contribution in [2.45, 2.75) is 155 Å². The second-order valence-electron chi connectivity index (χ2n) is 9.70. The van der Waals surface area contributed by atoms with E-state index in [-0.39, 0.29) is 0 Å². The Balaban J connectivity index is 2.01. The lowest BCUT2D eigenvalue weighted by atomic mass is 10.0. The van der Waals surface area contributed by atoms with E-state index in [1.807, 2.05) is 0 Å². The van der Waals surface area contributed by atoms with Crippen LogP contribution in [0.2, 0.25) is 0 Å². The predicted octanol–water partition coefficient (Wildman–Crippen LogP) is 9.26. The van der Waals surface area contributed by atoms with E-state index in [0.717, 1.165) is 0 Å². The van der Waals surface area contributed by atoms with Crippen LogP contribution in [0.3, 0.4) is 0 Å². The summed E-state index contributed by atoms with van der Waals surface area (Å²) in [4.78, 5) is 5.23. The Labute approximate surface area is 190 Å². The second kappa shape index (κ2) is 20.3. The minimum atomic E-state index is 0.643. The number of unbranched alkanes of at least 4 members (excludes halogenated alkanes) is 16. The molecule has 0 saturated carbocycles. The summed E-state index contributed by atoms with van der Waals surface area (Å²) in [7, 11) is 0. The highest BCUT2D eigenvalue weighted by Gasteiger charge is 2.24. The molecule has 0 aromatic carbocycles. The molecule has 1 aliphatic heterocycles. The Morgan fingerprint density at radius 3 is 1.30 bits per heavy atom. The molecule has 0 radical (unpaired) electrons. The van der Waals surface area contributed by atoms with Gasteiger partial charge in [0.25, 0.3) is 0 Å². The Morgan fingerprint density at radius 1 is 0.433 bits per heavy atom. The molecule has 1 unspecified atom stereocenters. The molecule has 0 saturated heterocycles. The third-order valence-corrected chi connectivity index (χ3v) is 6.78. The average Bonchev–Trinajstić information content (AvgIpc) is 3.13. The second-order valence-corrected chi connectivity index (χ2v) is 9.70. The number of hydrogen-bond donors (Lipinski definition) is 0. The van der Waals surface area contributed by atoms with Gasteiger partial charge in [-0.15, -0.1) is 0 Å². The van der Waals surface area contributed by atoms with Crippen molar-refractivity contribution >= 4 is 0 Å². The SMILES string of the molecule is CCCCCCCCCCCCCCCCC1N(CCC)C=CN1CCCCCC. The first kappa shape index (κ1) is 27.4. The van der Waals surface area contributed by atoms with Gasteiger partial charge in [-0.05, 0) is 25.7 Å². The summed E-state index contributed by atoms with van der Waals surface area (Å²) in [5.74, 6) is 0. The van der Waals surface area contributed by atoms with E-state index in [1.54, 1.807) is 0 Å². The molecule has 0 aromatic rings. The fraction of sp³-hybridized carbons (Fsp3) is 0.929. The van der Waals surface area contributed by atoms with Crippen LogP contribution < -0.4 is 0 Å². The van der Waals surface area contributed by atoms with Crippen molar-refractivity contribution in [2.24, 2.45) is 0 Å². The smallest absolute Gasteiger partial charge is 0.101 e. The van der Waals surface area contributed by atoms with E-state index in [9.17, 15) is 0 Å². The molecule has 1 rings (SSSR count). The van der Waals surface area contributed by atoms with Crippen LogP contribution in [0.5, 0.6) is 0 Å². The summed E-state index contributed by atoms with van der Waals surface area (Å²) in [6.07, 6.45) is 33.7. The van der Waals surface area contributed by atoms with Crippen molar-refractivity contribution in [1.29, 1.82) is 0 Å². The van der Waals surface area contributed by atoms with E-state index in [0.29, 0.717) is 6.17 Å². The van der Waals surface area contributed by atoms with Crippen LogP contribution in [0.4, 0.5) is 0 Å². The van der Waals surface area contributed by atoms with E-state index >= 15 is 0 Å². The molecular weight excluding hydrogens is 364 g/mol. The Kier molecular flexibility index (Phi) is 18.5. The van der Waals surface area contributed by atoms with Gasteiger partial charge in [-0.3, -0.25) is 0 Å². The summed E-state index contributed by atoms with van der Waals surface area (Å²) in [6.45, 7) is 9.38. The molecule has 0 spiro atoms. The number of nitrogens with zero attached hydrogens (tertiary/aromatic N) is 2. The molecule has 2 heteroatoms. The quantitative estimate of drug-likeness (QED) is 0.161. The summed E-state index contributed by atoms with van der Waals surface area (Å²) >= 11 is 0. The molecule has 1 atom stereocenters. The van der Waals surface area contributed by atoms with E-state index in [2.05, 4.69) is 43.0 Å². The summed E-state index contributed by atoms with van der Waals surface area (Å²) in [6, 6.07) is 0. The van der Waals surface area contributed by atoms with Gasteiger partial charge in [0.15, 0.2) is 0 Å². The van der Waals surface area contributed by atoms with Crippen LogP contribution >= 0.6 is 0 Å². The zero-order valence-corrected chi connectivity index (χ0v) is 21.2. The Morgan fingerprint density at radius 2 is 0.833 bits per heavy atom. The minimum Gasteiger partial charge on any atom is -0.356 e. The molecule has 1 aliphatic rings.